The molecule has 1 heterocycles. The summed E-state index contributed by atoms with van der Waals surface area (Å²) < 4.78 is 31.7. The summed E-state index contributed by atoms with van der Waals surface area (Å²) in [7, 11) is 0. The van der Waals surface area contributed by atoms with E-state index in [1.807, 2.05) is 18.2 Å². The largest absolute Gasteiger partial charge is 0.372 e. The average molecular weight is 261 g/mol. The molecule has 1 aliphatic heterocycles. The first-order valence-corrected chi connectivity index (χ1v) is 6.04. The Morgan fingerprint density at radius 1 is 0.895 bits per heavy atom. The van der Waals surface area contributed by atoms with E-state index in [9.17, 15) is 8.78 Å². The van der Waals surface area contributed by atoms with Crippen LogP contribution in [-0.2, 0) is 18.0 Å². The zero-order chi connectivity index (χ0) is 13.4. The molecule has 0 bridgehead atoms. The Kier molecular flexibility index (Phi) is 3.05. The van der Waals surface area contributed by atoms with E-state index in [0.29, 0.717) is 18.8 Å². The molecule has 0 fully saturated rings. The Morgan fingerprint density at radius 2 is 1.58 bits per heavy atom. The van der Waals surface area contributed by atoms with Gasteiger partial charge in [0.2, 0.25) is 0 Å². The Bertz CT molecular complexity index is 607. The first-order chi connectivity index (χ1) is 9.13. The van der Waals surface area contributed by atoms with Crippen LogP contribution in [0.4, 0.5) is 8.78 Å². The van der Waals surface area contributed by atoms with Gasteiger partial charge in [-0.15, -0.1) is 0 Å². The average Bonchev–Trinajstić information content (AvgIpc) is 2.83. The maximum atomic E-state index is 13.2. The molecule has 0 amide bonds. The summed E-state index contributed by atoms with van der Waals surface area (Å²) in [6.45, 7) is 1.17. The lowest BCUT2D eigenvalue weighted by Crippen LogP contribution is -2.13. The number of halogens is 2. The van der Waals surface area contributed by atoms with E-state index >= 15 is 0 Å². The van der Waals surface area contributed by atoms with Gasteiger partial charge in [-0.05, 0) is 34.4 Å². The van der Waals surface area contributed by atoms with E-state index in [-0.39, 0.29) is 0 Å². The SMILES string of the molecule is NC(c1cc(F)cc(F)c1)c1ccc2c(c1)COC2. The normalized spacial score (nSPS) is 15.3. The zero-order valence-corrected chi connectivity index (χ0v) is 10.2. The molecule has 2 aromatic carbocycles. The molecule has 1 unspecified atom stereocenters. The monoisotopic (exact) mass is 261 g/mol. The van der Waals surface area contributed by atoms with Crippen molar-refractivity contribution in [2.24, 2.45) is 5.73 Å². The van der Waals surface area contributed by atoms with Crippen molar-refractivity contribution in [3.8, 4) is 0 Å². The van der Waals surface area contributed by atoms with Gasteiger partial charge in [0.1, 0.15) is 11.6 Å². The fraction of sp³-hybridized carbons (Fsp3) is 0.200. The lowest BCUT2D eigenvalue weighted by atomic mass is 9.96. The molecule has 2 N–H and O–H groups in total. The first kappa shape index (κ1) is 12.3. The number of benzene rings is 2. The molecule has 0 spiro atoms. The van der Waals surface area contributed by atoms with E-state index < -0.39 is 17.7 Å². The van der Waals surface area contributed by atoms with Gasteiger partial charge in [-0.25, -0.2) is 8.78 Å². The van der Waals surface area contributed by atoms with Crippen molar-refractivity contribution in [2.75, 3.05) is 0 Å². The molecule has 0 aliphatic carbocycles. The number of rotatable bonds is 2. The number of fused-ring (bicyclic) bond motifs is 1. The van der Waals surface area contributed by atoms with Crippen LogP contribution in [0.15, 0.2) is 36.4 Å². The van der Waals surface area contributed by atoms with E-state index in [0.717, 1.165) is 22.8 Å². The third-order valence-electron chi connectivity index (χ3n) is 3.35. The highest BCUT2D eigenvalue weighted by molar-refractivity contribution is 5.38. The molecule has 0 saturated heterocycles. The van der Waals surface area contributed by atoms with Crippen LogP contribution in [0, 0.1) is 11.6 Å². The van der Waals surface area contributed by atoms with Crippen molar-refractivity contribution < 1.29 is 13.5 Å². The lowest BCUT2D eigenvalue weighted by molar-refractivity contribution is 0.134. The van der Waals surface area contributed by atoms with Crippen LogP contribution in [0.1, 0.15) is 28.3 Å². The Morgan fingerprint density at radius 3 is 2.32 bits per heavy atom. The van der Waals surface area contributed by atoms with Crippen LogP contribution < -0.4 is 5.73 Å². The maximum Gasteiger partial charge on any atom is 0.126 e. The number of ether oxygens (including phenoxy) is 1. The molecule has 0 radical (unpaired) electrons. The predicted molar refractivity (Wildman–Crippen MR) is 67.3 cm³/mol. The fourth-order valence-corrected chi connectivity index (χ4v) is 2.33. The van der Waals surface area contributed by atoms with Gasteiger partial charge in [-0.3, -0.25) is 0 Å². The van der Waals surface area contributed by atoms with Crippen molar-refractivity contribution in [2.45, 2.75) is 19.3 Å². The highest BCUT2D eigenvalue weighted by Gasteiger charge is 2.16. The van der Waals surface area contributed by atoms with Crippen molar-refractivity contribution in [3.63, 3.8) is 0 Å². The molecular formula is C15H13F2NO. The van der Waals surface area contributed by atoms with Gasteiger partial charge in [0.05, 0.1) is 19.3 Å². The minimum absolute atomic E-state index is 0.427. The molecule has 2 aromatic rings. The second kappa shape index (κ2) is 4.72. The maximum absolute atomic E-state index is 13.2. The van der Waals surface area contributed by atoms with Gasteiger partial charge < -0.3 is 10.5 Å². The van der Waals surface area contributed by atoms with Gasteiger partial charge in [0.25, 0.3) is 0 Å². The summed E-state index contributed by atoms with van der Waals surface area (Å²) in [5.41, 5.74) is 9.56. The highest BCUT2D eigenvalue weighted by atomic mass is 19.1. The van der Waals surface area contributed by atoms with Crippen LogP contribution >= 0.6 is 0 Å². The number of hydrogen-bond donors (Lipinski definition) is 1. The third kappa shape index (κ3) is 2.37. The standard InChI is InChI=1S/C15H13F2NO/c16-13-4-11(5-14(17)6-13)15(18)9-1-2-10-7-19-8-12(10)3-9/h1-6,15H,7-8,18H2. The van der Waals surface area contributed by atoms with E-state index in [1.165, 1.54) is 12.1 Å². The molecule has 0 saturated carbocycles. The number of nitrogens with two attached hydrogens (primary N) is 1. The van der Waals surface area contributed by atoms with Crippen molar-refractivity contribution in [3.05, 3.63) is 70.3 Å². The van der Waals surface area contributed by atoms with Crippen LogP contribution in [0.2, 0.25) is 0 Å². The van der Waals surface area contributed by atoms with Crippen LogP contribution in [-0.4, -0.2) is 0 Å². The van der Waals surface area contributed by atoms with Gasteiger partial charge in [0.15, 0.2) is 0 Å². The van der Waals surface area contributed by atoms with E-state index in [2.05, 4.69) is 0 Å². The van der Waals surface area contributed by atoms with Crippen molar-refractivity contribution in [1.82, 2.24) is 0 Å². The zero-order valence-electron chi connectivity index (χ0n) is 10.2. The summed E-state index contributed by atoms with van der Waals surface area (Å²) in [4.78, 5) is 0. The van der Waals surface area contributed by atoms with Gasteiger partial charge >= 0.3 is 0 Å². The van der Waals surface area contributed by atoms with Gasteiger partial charge in [-0.2, -0.15) is 0 Å². The second-order valence-corrected chi connectivity index (χ2v) is 4.70. The van der Waals surface area contributed by atoms with Gasteiger partial charge in [0, 0.05) is 6.07 Å². The topological polar surface area (TPSA) is 35.2 Å². The molecule has 2 nitrogen and oxygen atoms in total. The molecule has 0 aromatic heterocycles. The quantitative estimate of drug-likeness (QED) is 0.901. The Labute approximate surface area is 109 Å². The lowest BCUT2D eigenvalue weighted by Gasteiger charge is -2.14. The summed E-state index contributed by atoms with van der Waals surface area (Å²) in [6, 6.07) is 8.59. The smallest absolute Gasteiger partial charge is 0.126 e. The molecule has 98 valence electrons. The molecule has 1 aliphatic rings. The molecule has 1 atom stereocenters. The molecule has 19 heavy (non-hydrogen) atoms. The van der Waals surface area contributed by atoms with Crippen molar-refractivity contribution in [1.29, 1.82) is 0 Å². The molecular weight excluding hydrogens is 248 g/mol. The van der Waals surface area contributed by atoms with Crippen LogP contribution in [0.3, 0.4) is 0 Å². The summed E-state index contributed by atoms with van der Waals surface area (Å²) >= 11 is 0. The second-order valence-electron chi connectivity index (χ2n) is 4.70. The predicted octanol–water partition coefficient (Wildman–Crippen LogP) is 3.04. The minimum Gasteiger partial charge on any atom is -0.372 e. The summed E-state index contributed by atoms with van der Waals surface area (Å²) in [6.07, 6.45) is 0. The summed E-state index contributed by atoms with van der Waals surface area (Å²) in [5, 5.41) is 0. The highest BCUT2D eigenvalue weighted by Crippen LogP contribution is 2.26. The molecule has 3 rings (SSSR count). The van der Waals surface area contributed by atoms with Crippen molar-refractivity contribution >= 4 is 0 Å². The number of hydrogen-bond acceptors (Lipinski definition) is 2. The minimum atomic E-state index is -0.616. The van der Waals surface area contributed by atoms with E-state index in [1.54, 1.807) is 0 Å². The van der Waals surface area contributed by atoms with E-state index in [4.69, 9.17) is 10.5 Å². The Hall–Kier alpha value is -1.78. The molecule has 4 heteroatoms. The van der Waals surface area contributed by atoms with Crippen LogP contribution in [0.25, 0.3) is 0 Å². The fourth-order valence-electron chi connectivity index (χ4n) is 2.33. The Balaban J connectivity index is 1.97. The van der Waals surface area contributed by atoms with Crippen LogP contribution in [0.5, 0.6) is 0 Å². The first-order valence-electron chi connectivity index (χ1n) is 6.04. The van der Waals surface area contributed by atoms with Gasteiger partial charge in [-0.1, -0.05) is 18.2 Å². The summed E-state index contributed by atoms with van der Waals surface area (Å²) in [5.74, 6) is -1.23. The third-order valence-corrected chi connectivity index (χ3v) is 3.35.